The first kappa shape index (κ1) is 13.7. The van der Waals surface area contributed by atoms with Gasteiger partial charge in [-0.3, -0.25) is 0 Å². The summed E-state index contributed by atoms with van der Waals surface area (Å²) >= 11 is 0. The molecule has 3 nitrogen and oxygen atoms in total. The second kappa shape index (κ2) is 4.62. The van der Waals surface area contributed by atoms with E-state index in [1.54, 1.807) is 6.21 Å². The van der Waals surface area contributed by atoms with Gasteiger partial charge in [0.15, 0.2) is 11.8 Å². The molecule has 1 heterocycles. The van der Waals surface area contributed by atoms with Gasteiger partial charge in [-0.25, -0.2) is 4.74 Å². The lowest BCUT2D eigenvalue weighted by molar-refractivity contribution is -0.530. The Morgan fingerprint density at radius 2 is 1.67 bits per heavy atom. The maximum atomic E-state index is 12.1. The number of aromatic nitrogens is 1. The van der Waals surface area contributed by atoms with E-state index in [4.69, 9.17) is 0 Å². The van der Waals surface area contributed by atoms with E-state index in [1.807, 2.05) is 32.9 Å². The molecule has 0 radical (unpaired) electrons. The maximum Gasteiger partial charge on any atom is 0.182 e. The normalized spacial score (nSPS) is 13.2. The van der Waals surface area contributed by atoms with Crippen LogP contribution in [0.2, 0.25) is 0 Å². The third-order valence-corrected chi connectivity index (χ3v) is 3.87. The summed E-state index contributed by atoms with van der Waals surface area (Å²) in [5.41, 5.74) is 2.86. The monoisotopic (exact) mass is 280 g/mol. The van der Waals surface area contributed by atoms with Crippen LogP contribution in [-0.2, 0) is 7.05 Å². The first-order valence-corrected chi connectivity index (χ1v) is 7.16. The van der Waals surface area contributed by atoms with Gasteiger partial charge in [0.1, 0.15) is 0 Å². The molecule has 0 aliphatic rings. The van der Waals surface area contributed by atoms with Crippen LogP contribution < -0.4 is 0 Å². The molecule has 0 saturated carbocycles. The van der Waals surface area contributed by atoms with Gasteiger partial charge in [-0.1, -0.05) is 24.3 Å². The molecular weight excluding hydrogens is 260 g/mol. The fraction of sp³-hybridized carbons (Fsp3) is 0.278. The highest BCUT2D eigenvalue weighted by molar-refractivity contribution is 6.08. The molecule has 1 aromatic heterocycles. The van der Waals surface area contributed by atoms with Crippen LogP contribution in [0.25, 0.3) is 21.8 Å². The third-order valence-electron chi connectivity index (χ3n) is 3.87. The van der Waals surface area contributed by atoms with Crippen molar-refractivity contribution in [3.63, 3.8) is 0 Å². The van der Waals surface area contributed by atoms with Gasteiger partial charge >= 0.3 is 0 Å². The Kier molecular flexibility index (Phi) is 3.01. The number of hydroxylamine groups is 1. The van der Waals surface area contributed by atoms with E-state index in [1.165, 1.54) is 16.3 Å². The molecule has 3 aromatic rings. The van der Waals surface area contributed by atoms with E-state index < -0.39 is 5.54 Å². The number of aryl methyl sites for hydroxylation is 1. The van der Waals surface area contributed by atoms with E-state index in [9.17, 15) is 5.21 Å². The molecule has 0 saturated heterocycles. The van der Waals surface area contributed by atoms with Crippen molar-refractivity contribution in [2.75, 3.05) is 0 Å². The summed E-state index contributed by atoms with van der Waals surface area (Å²) in [7, 11) is 2.06. The third kappa shape index (κ3) is 2.29. The summed E-state index contributed by atoms with van der Waals surface area (Å²) < 4.78 is 3.19. The predicted octanol–water partition coefficient (Wildman–Crippen LogP) is 4.06. The van der Waals surface area contributed by atoms with Crippen molar-refractivity contribution in [3.05, 3.63) is 53.2 Å². The zero-order valence-electron chi connectivity index (χ0n) is 12.9. The Labute approximate surface area is 124 Å². The molecule has 3 heteroatoms. The molecule has 0 amide bonds. The van der Waals surface area contributed by atoms with Crippen LogP contribution in [0.15, 0.2) is 42.5 Å². The topological polar surface area (TPSA) is 31.0 Å². The molecular formula is C18H20N2O. The van der Waals surface area contributed by atoms with Gasteiger partial charge in [-0.15, -0.1) is 0 Å². The lowest BCUT2D eigenvalue weighted by Crippen LogP contribution is -2.29. The SMILES string of the molecule is Cn1c2ccccc2c2ccc(C=[N+]([O-])C(C)(C)C)cc21. The van der Waals surface area contributed by atoms with E-state index >= 15 is 0 Å². The van der Waals surface area contributed by atoms with Crippen LogP contribution in [0.1, 0.15) is 26.3 Å². The molecule has 0 aliphatic carbocycles. The van der Waals surface area contributed by atoms with Gasteiger partial charge in [0.25, 0.3) is 0 Å². The van der Waals surface area contributed by atoms with E-state index in [0.29, 0.717) is 0 Å². The number of rotatable bonds is 1. The van der Waals surface area contributed by atoms with Gasteiger partial charge in [0.2, 0.25) is 0 Å². The Morgan fingerprint density at radius 1 is 1.00 bits per heavy atom. The summed E-state index contributed by atoms with van der Waals surface area (Å²) in [4.78, 5) is 0. The first-order valence-electron chi connectivity index (χ1n) is 7.16. The summed E-state index contributed by atoms with van der Waals surface area (Å²) in [6.45, 7) is 5.73. The standard InChI is InChI=1S/C18H20N2O/c1-18(2,3)20(21)12-13-9-10-15-14-7-5-6-8-16(14)19(4)17(15)11-13/h5-12H,1-4H3. The average molecular weight is 280 g/mol. The van der Waals surface area contributed by atoms with Crippen LogP contribution in [-0.4, -0.2) is 21.1 Å². The van der Waals surface area contributed by atoms with Crippen LogP contribution in [0.4, 0.5) is 0 Å². The van der Waals surface area contributed by atoms with Gasteiger partial charge in [-0.05, 0) is 18.2 Å². The van der Waals surface area contributed by atoms with Crippen molar-refractivity contribution in [1.82, 2.24) is 4.57 Å². The van der Waals surface area contributed by atoms with Crippen LogP contribution >= 0.6 is 0 Å². The van der Waals surface area contributed by atoms with Crippen molar-refractivity contribution in [2.24, 2.45) is 7.05 Å². The average Bonchev–Trinajstić information content (AvgIpc) is 2.72. The fourth-order valence-corrected chi connectivity index (χ4v) is 2.59. The molecule has 0 aliphatic heterocycles. The largest absolute Gasteiger partial charge is 0.623 e. The molecule has 2 aromatic carbocycles. The highest BCUT2D eigenvalue weighted by Gasteiger charge is 2.18. The molecule has 0 N–H and O–H groups in total. The minimum absolute atomic E-state index is 0.423. The Morgan fingerprint density at radius 3 is 2.38 bits per heavy atom. The summed E-state index contributed by atoms with van der Waals surface area (Å²) in [6, 6.07) is 14.5. The lowest BCUT2D eigenvalue weighted by atomic mass is 10.1. The van der Waals surface area contributed by atoms with Crippen molar-refractivity contribution in [3.8, 4) is 0 Å². The molecule has 0 spiro atoms. The summed E-state index contributed by atoms with van der Waals surface area (Å²) in [6.07, 6.45) is 1.66. The highest BCUT2D eigenvalue weighted by Crippen LogP contribution is 2.28. The number of para-hydroxylation sites is 1. The number of nitrogens with zero attached hydrogens (tertiary/aromatic N) is 2. The maximum absolute atomic E-state index is 12.1. The number of hydrogen-bond acceptors (Lipinski definition) is 1. The summed E-state index contributed by atoms with van der Waals surface area (Å²) in [5, 5.41) is 14.5. The second-order valence-electron chi connectivity index (χ2n) is 6.48. The van der Waals surface area contributed by atoms with E-state index in [2.05, 4.69) is 41.9 Å². The molecule has 0 atom stereocenters. The molecule has 21 heavy (non-hydrogen) atoms. The first-order chi connectivity index (χ1) is 9.88. The van der Waals surface area contributed by atoms with Gasteiger partial charge in [0, 0.05) is 55.2 Å². The van der Waals surface area contributed by atoms with E-state index in [0.717, 1.165) is 15.8 Å². The van der Waals surface area contributed by atoms with Crippen molar-refractivity contribution >= 4 is 28.0 Å². The Hall–Kier alpha value is -2.29. The quantitative estimate of drug-likeness (QED) is 0.286. The summed E-state index contributed by atoms with van der Waals surface area (Å²) in [5.74, 6) is 0. The Bertz CT molecular complexity index is 851. The molecule has 0 bridgehead atoms. The van der Waals surface area contributed by atoms with Crippen LogP contribution in [0.5, 0.6) is 0 Å². The second-order valence-corrected chi connectivity index (χ2v) is 6.48. The Balaban J connectivity index is 2.22. The van der Waals surface area contributed by atoms with Crippen molar-refractivity contribution in [1.29, 1.82) is 0 Å². The minimum Gasteiger partial charge on any atom is -0.623 e. The number of benzene rings is 2. The number of fused-ring (bicyclic) bond motifs is 3. The predicted molar refractivity (Wildman–Crippen MR) is 89.0 cm³/mol. The molecule has 108 valence electrons. The van der Waals surface area contributed by atoms with Crippen molar-refractivity contribution in [2.45, 2.75) is 26.3 Å². The molecule has 0 fully saturated rings. The van der Waals surface area contributed by atoms with Crippen LogP contribution in [0.3, 0.4) is 0 Å². The molecule has 3 rings (SSSR count). The van der Waals surface area contributed by atoms with Crippen molar-refractivity contribution < 1.29 is 4.74 Å². The smallest absolute Gasteiger partial charge is 0.182 e. The minimum atomic E-state index is -0.423. The van der Waals surface area contributed by atoms with Gasteiger partial charge in [0.05, 0.1) is 0 Å². The number of hydrogen-bond donors (Lipinski definition) is 0. The van der Waals surface area contributed by atoms with Crippen LogP contribution in [0, 0.1) is 5.21 Å². The molecule has 0 unspecified atom stereocenters. The zero-order chi connectivity index (χ0) is 15.2. The van der Waals surface area contributed by atoms with Gasteiger partial charge in [-0.2, -0.15) is 0 Å². The van der Waals surface area contributed by atoms with Gasteiger partial charge < -0.3 is 9.77 Å². The van der Waals surface area contributed by atoms with E-state index in [-0.39, 0.29) is 0 Å². The lowest BCUT2D eigenvalue weighted by Gasteiger charge is -2.18. The highest BCUT2D eigenvalue weighted by atomic mass is 16.5. The zero-order valence-corrected chi connectivity index (χ0v) is 12.9. The fourth-order valence-electron chi connectivity index (χ4n) is 2.59.